The molecule has 1 heterocycles. The maximum atomic E-state index is 13.8. The van der Waals surface area contributed by atoms with Crippen LogP contribution in [0.3, 0.4) is 0 Å². The number of nitrogens with one attached hydrogen (secondary N) is 2. The van der Waals surface area contributed by atoms with Crippen LogP contribution in [0, 0.1) is 6.92 Å². The highest BCUT2D eigenvalue weighted by molar-refractivity contribution is 6.14. The summed E-state index contributed by atoms with van der Waals surface area (Å²) in [4.78, 5) is 33.1. The zero-order chi connectivity index (χ0) is 25.5. The van der Waals surface area contributed by atoms with E-state index in [9.17, 15) is 9.59 Å². The van der Waals surface area contributed by atoms with Gasteiger partial charge in [0.25, 0.3) is 0 Å². The van der Waals surface area contributed by atoms with E-state index < -0.39 is 0 Å². The lowest BCUT2D eigenvalue weighted by atomic mass is 9.99. The molecule has 6 aromatic rings. The van der Waals surface area contributed by atoms with E-state index in [-0.39, 0.29) is 10.9 Å². The first-order valence-corrected chi connectivity index (χ1v) is 12.4. The molecule has 6 nitrogen and oxygen atoms in total. The van der Waals surface area contributed by atoms with Gasteiger partial charge in [0.15, 0.2) is 22.0 Å². The summed E-state index contributed by atoms with van der Waals surface area (Å²) in [5.74, 6) is 0. The molecule has 0 aliphatic carbocycles. The topological polar surface area (TPSA) is 78.3 Å². The van der Waals surface area contributed by atoms with E-state index in [1.54, 1.807) is 24.3 Å². The molecule has 1 aromatic heterocycles. The van der Waals surface area contributed by atoms with E-state index in [2.05, 4.69) is 34.4 Å². The molecule has 0 radical (unpaired) electrons. The van der Waals surface area contributed by atoms with E-state index in [4.69, 9.17) is 4.42 Å². The van der Waals surface area contributed by atoms with Crippen molar-refractivity contribution in [2.45, 2.75) is 13.5 Å². The predicted octanol–water partition coefficient (Wildman–Crippen LogP) is 5.79. The second kappa shape index (κ2) is 9.22. The minimum atomic E-state index is -0.181. The van der Waals surface area contributed by atoms with Crippen LogP contribution in [0.5, 0.6) is 0 Å². The molecule has 37 heavy (non-hydrogen) atoms. The Kier molecular flexibility index (Phi) is 5.74. The summed E-state index contributed by atoms with van der Waals surface area (Å²) in [6, 6.07) is 25.0. The van der Waals surface area contributed by atoms with E-state index in [0.717, 1.165) is 24.2 Å². The molecule has 0 bridgehead atoms. The van der Waals surface area contributed by atoms with Gasteiger partial charge in [0.05, 0.1) is 27.5 Å². The number of aromatic nitrogens is 1. The Morgan fingerprint density at radius 2 is 1.51 bits per heavy atom. The van der Waals surface area contributed by atoms with Gasteiger partial charge in [0, 0.05) is 36.5 Å². The van der Waals surface area contributed by atoms with Crippen molar-refractivity contribution in [1.82, 2.24) is 9.88 Å². The Hall–Kier alpha value is -4.42. The number of hydrogen-bond donors (Lipinski definition) is 2. The third-order valence-corrected chi connectivity index (χ3v) is 6.97. The van der Waals surface area contributed by atoms with Gasteiger partial charge < -0.3 is 19.6 Å². The van der Waals surface area contributed by atoms with Crippen molar-refractivity contribution in [2.75, 3.05) is 25.5 Å². The molecule has 0 saturated carbocycles. The Balaban J connectivity index is 1.50. The highest BCUT2D eigenvalue weighted by atomic mass is 16.3. The zero-order valence-electron chi connectivity index (χ0n) is 20.8. The van der Waals surface area contributed by atoms with Crippen LogP contribution in [0.2, 0.25) is 0 Å². The number of aryl methyl sites for hydroxylation is 1. The standard InChI is InChI=1S/C31H27N3O3/c1-19-9-8-14-24-28(19)33-29-25(37-24)17-23(32-15-16-34(2)18-20-10-4-3-5-11-20)26-27(29)31(36)22-13-7-6-12-21(22)30(26)35/h3-14,17,32-33H,15-16,18H2,1-2H3. The number of para-hydroxylation sites is 1. The summed E-state index contributed by atoms with van der Waals surface area (Å²) in [5, 5.41) is 5.03. The van der Waals surface area contributed by atoms with Crippen LogP contribution in [0.25, 0.3) is 43.7 Å². The normalized spacial score (nSPS) is 11.8. The number of anilines is 1. The molecule has 0 aliphatic heterocycles. The molecule has 0 atom stereocenters. The van der Waals surface area contributed by atoms with Crippen LogP contribution in [-0.2, 0) is 6.54 Å². The fourth-order valence-corrected chi connectivity index (χ4v) is 5.10. The van der Waals surface area contributed by atoms with Gasteiger partial charge in [0.2, 0.25) is 0 Å². The predicted molar refractivity (Wildman–Crippen MR) is 152 cm³/mol. The number of rotatable bonds is 6. The molecule has 6 rings (SSSR count). The van der Waals surface area contributed by atoms with E-state index in [1.807, 2.05) is 49.4 Å². The zero-order valence-corrected chi connectivity index (χ0v) is 20.8. The lowest BCUT2D eigenvalue weighted by Gasteiger charge is -2.18. The van der Waals surface area contributed by atoms with Gasteiger partial charge in [-0.3, -0.25) is 9.59 Å². The van der Waals surface area contributed by atoms with Crippen LogP contribution in [0.4, 0.5) is 5.69 Å². The minimum absolute atomic E-state index is 0.162. The highest BCUT2D eigenvalue weighted by Crippen LogP contribution is 2.31. The van der Waals surface area contributed by atoms with Crippen molar-refractivity contribution < 1.29 is 4.42 Å². The van der Waals surface area contributed by atoms with Crippen LogP contribution in [0.15, 0.2) is 92.9 Å². The molecule has 0 amide bonds. The van der Waals surface area contributed by atoms with Crippen molar-refractivity contribution in [3.8, 4) is 0 Å². The number of likely N-dealkylation sites (N-methyl/N-ethyl adjacent to an activating group) is 1. The molecular formula is C31H27N3O3. The largest absolute Gasteiger partial charge is 0.453 e. The summed E-state index contributed by atoms with van der Waals surface area (Å²) in [6.45, 7) is 4.15. The molecule has 0 fully saturated rings. The number of benzene rings is 5. The van der Waals surface area contributed by atoms with E-state index in [0.29, 0.717) is 50.5 Å². The third kappa shape index (κ3) is 4.05. The van der Waals surface area contributed by atoms with Crippen molar-refractivity contribution in [3.05, 3.63) is 110 Å². The summed E-state index contributed by atoms with van der Waals surface area (Å²) in [7, 11) is 2.06. The molecule has 0 spiro atoms. The van der Waals surface area contributed by atoms with Gasteiger partial charge in [0.1, 0.15) is 0 Å². The summed E-state index contributed by atoms with van der Waals surface area (Å²) >= 11 is 0. The van der Waals surface area contributed by atoms with Crippen LogP contribution in [-0.4, -0.2) is 30.0 Å². The molecule has 2 N–H and O–H groups in total. The van der Waals surface area contributed by atoms with Crippen molar-refractivity contribution in [1.29, 1.82) is 0 Å². The van der Waals surface area contributed by atoms with Crippen LogP contribution in [0.1, 0.15) is 11.1 Å². The van der Waals surface area contributed by atoms with E-state index >= 15 is 0 Å². The fourth-order valence-electron chi connectivity index (χ4n) is 5.10. The molecule has 0 unspecified atom stereocenters. The van der Waals surface area contributed by atoms with Gasteiger partial charge in [-0.2, -0.15) is 0 Å². The maximum Gasteiger partial charge on any atom is 0.196 e. The molecule has 6 heteroatoms. The maximum absolute atomic E-state index is 13.8. The summed E-state index contributed by atoms with van der Waals surface area (Å²) in [6.07, 6.45) is 0. The Morgan fingerprint density at radius 1 is 0.811 bits per heavy atom. The second-order valence-corrected chi connectivity index (χ2v) is 9.58. The van der Waals surface area contributed by atoms with Gasteiger partial charge >= 0.3 is 0 Å². The average molecular weight is 490 g/mol. The van der Waals surface area contributed by atoms with Crippen molar-refractivity contribution in [2.24, 2.45) is 0 Å². The lowest BCUT2D eigenvalue weighted by molar-refractivity contribution is 0.340. The summed E-state index contributed by atoms with van der Waals surface area (Å²) < 4.78 is 6.27. The number of fused-ring (bicyclic) bond motifs is 5. The van der Waals surface area contributed by atoms with Gasteiger partial charge in [-0.05, 0) is 31.2 Å². The Labute approximate surface area is 213 Å². The van der Waals surface area contributed by atoms with E-state index in [1.165, 1.54) is 5.56 Å². The number of H-pyrrole nitrogens is 1. The van der Waals surface area contributed by atoms with Gasteiger partial charge in [-0.1, -0.05) is 66.7 Å². The quantitative estimate of drug-likeness (QED) is 0.229. The molecule has 5 aromatic carbocycles. The first-order valence-electron chi connectivity index (χ1n) is 12.4. The molecular weight excluding hydrogens is 462 g/mol. The second-order valence-electron chi connectivity index (χ2n) is 9.58. The lowest BCUT2D eigenvalue weighted by Crippen LogP contribution is -2.25. The number of hydrogen-bond acceptors (Lipinski definition) is 5. The first-order chi connectivity index (χ1) is 18.0. The average Bonchev–Trinajstić information content (AvgIpc) is 2.91. The fraction of sp³-hybridized carbons (Fsp3) is 0.161. The monoisotopic (exact) mass is 489 g/mol. The molecule has 0 aliphatic rings. The number of nitrogens with zero attached hydrogens (tertiary/aromatic N) is 1. The van der Waals surface area contributed by atoms with Crippen molar-refractivity contribution >= 4 is 49.4 Å². The third-order valence-electron chi connectivity index (χ3n) is 6.97. The summed E-state index contributed by atoms with van der Waals surface area (Å²) in [5.41, 5.74) is 5.06. The SMILES string of the molecule is Cc1cccc2oc3cc(NCCN(C)Cc4ccccc4)c4c(=O)c5ccccc5c(=O)c4c3[nH]c12. The Morgan fingerprint density at radius 3 is 2.27 bits per heavy atom. The Bertz CT molecular complexity index is 1910. The molecule has 0 saturated heterocycles. The van der Waals surface area contributed by atoms with Crippen LogP contribution < -0.4 is 16.2 Å². The molecule has 184 valence electrons. The highest BCUT2D eigenvalue weighted by Gasteiger charge is 2.19. The van der Waals surface area contributed by atoms with Crippen LogP contribution >= 0.6 is 0 Å². The minimum Gasteiger partial charge on any atom is -0.453 e. The smallest absolute Gasteiger partial charge is 0.196 e. The van der Waals surface area contributed by atoms with Crippen molar-refractivity contribution in [3.63, 3.8) is 0 Å². The van der Waals surface area contributed by atoms with Gasteiger partial charge in [-0.15, -0.1) is 0 Å². The first kappa shape index (κ1) is 23.0. The van der Waals surface area contributed by atoms with Gasteiger partial charge in [-0.25, -0.2) is 0 Å². The number of aromatic amines is 1.